The van der Waals surface area contributed by atoms with Crippen molar-refractivity contribution in [3.8, 4) is 17.2 Å². The first-order valence-corrected chi connectivity index (χ1v) is 12.1. The van der Waals surface area contributed by atoms with Crippen LogP contribution in [0.5, 0.6) is 17.2 Å². The van der Waals surface area contributed by atoms with Gasteiger partial charge in [0.25, 0.3) is 0 Å². The summed E-state index contributed by atoms with van der Waals surface area (Å²) in [6.45, 7) is 8.32. The molecule has 6 heteroatoms. The van der Waals surface area contributed by atoms with Gasteiger partial charge in [-0.1, -0.05) is 29.8 Å². The van der Waals surface area contributed by atoms with Gasteiger partial charge in [-0.15, -0.1) is 0 Å². The molecule has 1 amide bonds. The van der Waals surface area contributed by atoms with Crippen molar-refractivity contribution in [2.75, 3.05) is 26.7 Å². The van der Waals surface area contributed by atoms with Crippen LogP contribution in [0.3, 0.4) is 0 Å². The highest BCUT2D eigenvalue weighted by molar-refractivity contribution is 6.04. The number of nitrogens with zero attached hydrogens (tertiary/aromatic N) is 3. The molecule has 1 unspecified atom stereocenters. The Hall–Kier alpha value is -3.80. The number of hydrogen-bond acceptors (Lipinski definition) is 5. The summed E-state index contributed by atoms with van der Waals surface area (Å²) < 4.78 is 11.5. The summed E-state index contributed by atoms with van der Waals surface area (Å²) in [4.78, 5) is 22.5. The number of amidine groups is 1. The molecule has 2 heterocycles. The Bertz CT molecular complexity index is 1280. The van der Waals surface area contributed by atoms with Crippen LogP contribution in [0.25, 0.3) is 0 Å². The summed E-state index contributed by atoms with van der Waals surface area (Å²) in [6.07, 6.45) is 0.387. The lowest BCUT2D eigenvalue weighted by Gasteiger charge is -2.41. The number of carbonyl (C=O) groups excluding carboxylic acids is 1. The second-order valence-electron chi connectivity index (χ2n) is 9.42. The van der Waals surface area contributed by atoms with Crippen LogP contribution in [0.1, 0.15) is 29.2 Å². The number of methoxy groups -OCH3 is 1. The van der Waals surface area contributed by atoms with Crippen LogP contribution in [0, 0.1) is 13.8 Å². The van der Waals surface area contributed by atoms with Crippen molar-refractivity contribution >= 4 is 17.4 Å². The largest absolute Gasteiger partial charge is 0.497 e. The number of aryl methyl sites for hydroxylation is 2. The normalized spacial score (nSPS) is 17.0. The highest BCUT2D eigenvalue weighted by Crippen LogP contribution is 2.39. The molecule has 1 atom stereocenters. The number of aliphatic imine (C=N–C) groups is 1. The van der Waals surface area contributed by atoms with Crippen LogP contribution in [-0.2, 0) is 11.2 Å². The van der Waals surface area contributed by atoms with Crippen molar-refractivity contribution in [1.82, 2.24) is 9.80 Å². The number of piperazine rings is 1. The molecule has 0 radical (unpaired) electrons. The summed E-state index contributed by atoms with van der Waals surface area (Å²) in [5.41, 5.74) is 5.10. The molecule has 35 heavy (non-hydrogen) atoms. The minimum absolute atomic E-state index is 0.0621. The van der Waals surface area contributed by atoms with Crippen LogP contribution in [-0.4, -0.2) is 54.3 Å². The SMILES string of the molecule is COc1ccc(CC(=O)N2CCN(C3=Nc4ccc(C)cc4Oc4ccc(C)cc43)CC2C)cc1. The van der Waals surface area contributed by atoms with Gasteiger partial charge < -0.3 is 19.3 Å². The van der Waals surface area contributed by atoms with Crippen molar-refractivity contribution in [1.29, 1.82) is 0 Å². The van der Waals surface area contributed by atoms with E-state index >= 15 is 0 Å². The predicted octanol–water partition coefficient (Wildman–Crippen LogP) is 5.27. The Labute approximate surface area is 206 Å². The van der Waals surface area contributed by atoms with Crippen molar-refractivity contribution in [3.05, 3.63) is 82.9 Å². The molecular weight excluding hydrogens is 438 g/mol. The summed E-state index contributed by atoms with van der Waals surface area (Å²) in [7, 11) is 1.64. The average molecular weight is 470 g/mol. The first-order valence-electron chi connectivity index (χ1n) is 12.1. The molecule has 0 spiro atoms. The minimum Gasteiger partial charge on any atom is -0.497 e. The lowest BCUT2D eigenvalue weighted by molar-refractivity contribution is -0.134. The van der Waals surface area contributed by atoms with Gasteiger partial charge in [0.15, 0.2) is 5.75 Å². The smallest absolute Gasteiger partial charge is 0.227 e. The molecule has 2 aliphatic heterocycles. The van der Waals surface area contributed by atoms with Gasteiger partial charge >= 0.3 is 0 Å². The van der Waals surface area contributed by atoms with Crippen LogP contribution in [0.15, 0.2) is 65.7 Å². The molecule has 0 aliphatic carbocycles. The fraction of sp³-hybridized carbons (Fsp3) is 0.310. The maximum atomic E-state index is 13.1. The quantitative estimate of drug-likeness (QED) is 0.524. The third-order valence-corrected chi connectivity index (χ3v) is 6.70. The van der Waals surface area contributed by atoms with Crippen molar-refractivity contribution in [2.45, 2.75) is 33.2 Å². The van der Waals surface area contributed by atoms with Gasteiger partial charge in [-0.05, 0) is 68.3 Å². The fourth-order valence-corrected chi connectivity index (χ4v) is 4.78. The predicted molar refractivity (Wildman–Crippen MR) is 138 cm³/mol. The van der Waals surface area contributed by atoms with E-state index in [4.69, 9.17) is 14.5 Å². The number of amides is 1. The molecule has 180 valence electrons. The van der Waals surface area contributed by atoms with Gasteiger partial charge in [0.2, 0.25) is 5.91 Å². The fourth-order valence-electron chi connectivity index (χ4n) is 4.78. The van der Waals surface area contributed by atoms with Crippen LogP contribution in [0.4, 0.5) is 5.69 Å². The van der Waals surface area contributed by atoms with E-state index < -0.39 is 0 Å². The van der Waals surface area contributed by atoms with Gasteiger partial charge in [0.05, 0.1) is 19.1 Å². The summed E-state index contributed by atoms with van der Waals surface area (Å²) in [5.74, 6) is 3.42. The van der Waals surface area contributed by atoms with E-state index in [9.17, 15) is 4.79 Å². The number of benzene rings is 3. The topological polar surface area (TPSA) is 54.4 Å². The van der Waals surface area contributed by atoms with E-state index in [2.05, 4.69) is 43.9 Å². The van der Waals surface area contributed by atoms with E-state index in [0.29, 0.717) is 26.1 Å². The molecule has 0 bridgehead atoms. The van der Waals surface area contributed by atoms with E-state index in [0.717, 1.165) is 51.0 Å². The second-order valence-corrected chi connectivity index (χ2v) is 9.42. The van der Waals surface area contributed by atoms with Gasteiger partial charge in [-0.3, -0.25) is 4.79 Å². The number of carbonyl (C=O) groups is 1. The summed E-state index contributed by atoms with van der Waals surface area (Å²) >= 11 is 0. The monoisotopic (exact) mass is 469 g/mol. The third-order valence-electron chi connectivity index (χ3n) is 6.70. The second kappa shape index (κ2) is 9.45. The number of rotatable bonds is 3. The molecule has 0 N–H and O–H groups in total. The molecule has 6 nitrogen and oxygen atoms in total. The first kappa shape index (κ1) is 23.0. The Morgan fingerprint density at radius 2 is 1.74 bits per heavy atom. The zero-order valence-corrected chi connectivity index (χ0v) is 20.7. The maximum Gasteiger partial charge on any atom is 0.227 e. The summed E-state index contributed by atoms with van der Waals surface area (Å²) in [6, 6.07) is 20.1. The molecule has 5 rings (SSSR count). The Kier molecular flexibility index (Phi) is 6.20. The molecule has 1 fully saturated rings. The molecular formula is C29H31N3O3. The molecule has 3 aromatic carbocycles. The maximum absolute atomic E-state index is 13.1. The number of ether oxygens (including phenoxy) is 2. The van der Waals surface area contributed by atoms with Crippen molar-refractivity contribution < 1.29 is 14.3 Å². The van der Waals surface area contributed by atoms with Crippen molar-refractivity contribution in [3.63, 3.8) is 0 Å². The Balaban J connectivity index is 1.38. The molecule has 0 saturated carbocycles. The number of fused-ring (bicyclic) bond motifs is 2. The highest BCUT2D eigenvalue weighted by atomic mass is 16.5. The van der Waals surface area contributed by atoms with Gasteiger partial charge in [-0.25, -0.2) is 4.99 Å². The van der Waals surface area contributed by atoms with Crippen LogP contribution >= 0.6 is 0 Å². The van der Waals surface area contributed by atoms with Gasteiger partial charge in [0.1, 0.15) is 23.0 Å². The third kappa shape index (κ3) is 4.74. The first-order chi connectivity index (χ1) is 16.9. The van der Waals surface area contributed by atoms with Gasteiger partial charge in [-0.2, -0.15) is 0 Å². The lowest BCUT2D eigenvalue weighted by atomic mass is 10.1. The van der Waals surface area contributed by atoms with Crippen LogP contribution in [0.2, 0.25) is 0 Å². The zero-order valence-electron chi connectivity index (χ0n) is 20.7. The average Bonchev–Trinajstić information content (AvgIpc) is 3.00. The van der Waals surface area contributed by atoms with Gasteiger partial charge in [0, 0.05) is 25.7 Å². The van der Waals surface area contributed by atoms with E-state index in [1.807, 2.05) is 47.4 Å². The Morgan fingerprint density at radius 3 is 2.49 bits per heavy atom. The van der Waals surface area contributed by atoms with Crippen molar-refractivity contribution in [2.24, 2.45) is 4.99 Å². The lowest BCUT2D eigenvalue weighted by Crippen LogP contribution is -2.55. The molecule has 1 saturated heterocycles. The van der Waals surface area contributed by atoms with Crippen LogP contribution < -0.4 is 9.47 Å². The van der Waals surface area contributed by atoms with E-state index in [1.165, 1.54) is 0 Å². The Morgan fingerprint density at radius 1 is 1.00 bits per heavy atom. The minimum atomic E-state index is 0.0621. The number of hydrogen-bond donors (Lipinski definition) is 0. The highest BCUT2D eigenvalue weighted by Gasteiger charge is 2.31. The zero-order chi connectivity index (χ0) is 24.5. The van der Waals surface area contributed by atoms with E-state index in [1.54, 1.807) is 7.11 Å². The standard InChI is InChI=1S/C29H31N3O3/c1-19-6-12-26-24(15-19)29(30-25-11-5-20(2)16-27(25)35-26)31-13-14-32(21(3)18-31)28(33)17-22-7-9-23(34-4)10-8-22/h5-12,15-16,21H,13-14,17-18H2,1-4H3. The molecule has 0 aromatic heterocycles. The summed E-state index contributed by atoms with van der Waals surface area (Å²) in [5, 5.41) is 0. The molecule has 2 aliphatic rings. The molecule has 3 aromatic rings. The van der Waals surface area contributed by atoms with E-state index in [-0.39, 0.29) is 11.9 Å².